The molecule has 1 aliphatic rings. The van der Waals surface area contributed by atoms with E-state index in [1.165, 1.54) is 35.0 Å². The van der Waals surface area contributed by atoms with Crippen LogP contribution in [0, 0.1) is 13.8 Å². The van der Waals surface area contributed by atoms with Crippen LogP contribution in [-0.2, 0) is 6.42 Å². The van der Waals surface area contributed by atoms with Gasteiger partial charge < -0.3 is 4.57 Å². The molecule has 2 aromatic rings. The molecule has 1 aromatic heterocycles. The van der Waals surface area contributed by atoms with Crippen molar-refractivity contribution in [3.05, 3.63) is 29.1 Å². The number of hydrogen-bond donors (Lipinski definition) is 0. The topological polar surface area (TPSA) is 17.8 Å². The number of rotatable bonds is 0. The highest BCUT2D eigenvalue weighted by molar-refractivity contribution is 5.81. The molecule has 0 fully saturated rings. The predicted molar refractivity (Wildman–Crippen MR) is 62.2 cm³/mol. The second kappa shape index (κ2) is 2.84. The van der Waals surface area contributed by atoms with Crippen LogP contribution in [0.15, 0.2) is 12.1 Å². The minimum atomic E-state index is 0.602. The Bertz CT molecular complexity index is 537. The molecule has 1 atom stereocenters. The molecule has 2 heterocycles. The summed E-state index contributed by atoms with van der Waals surface area (Å²) in [4.78, 5) is 4.66. The Hall–Kier alpha value is -1.31. The van der Waals surface area contributed by atoms with Crippen molar-refractivity contribution in [3.8, 4) is 0 Å². The van der Waals surface area contributed by atoms with Crippen molar-refractivity contribution in [1.82, 2.24) is 9.55 Å². The Labute approximate surface area is 89.9 Å². The number of imidazole rings is 1. The van der Waals surface area contributed by atoms with Crippen LogP contribution in [0.2, 0.25) is 0 Å². The van der Waals surface area contributed by atoms with Gasteiger partial charge in [-0.25, -0.2) is 4.98 Å². The van der Waals surface area contributed by atoms with E-state index in [-0.39, 0.29) is 0 Å². The molecule has 0 radical (unpaired) electrons. The van der Waals surface area contributed by atoms with Gasteiger partial charge in [0.15, 0.2) is 0 Å². The molecule has 15 heavy (non-hydrogen) atoms. The molecule has 78 valence electrons. The minimum Gasteiger partial charge on any atom is -0.325 e. The van der Waals surface area contributed by atoms with E-state index in [2.05, 4.69) is 42.5 Å². The second-order valence-corrected chi connectivity index (χ2v) is 4.71. The monoisotopic (exact) mass is 200 g/mol. The summed E-state index contributed by atoms with van der Waals surface area (Å²) < 4.78 is 2.40. The summed E-state index contributed by atoms with van der Waals surface area (Å²) in [5.74, 6) is 1.16. The third-order valence-corrected chi connectivity index (χ3v) is 3.46. The summed E-state index contributed by atoms with van der Waals surface area (Å²) in [5, 5.41) is 0. The number of aryl methyl sites for hydroxylation is 3. The standard InChI is InChI=1S/C13H16N2/c1-8-6-11-5-4-9(2)15-10(3)14-12(7-8)13(11)15/h6-7,9H,4-5H2,1-3H3/t9-/m1/s1. The number of nitrogens with zero attached hydrogens (tertiary/aromatic N) is 2. The van der Waals surface area contributed by atoms with Crippen molar-refractivity contribution in [1.29, 1.82) is 0 Å². The van der Waals surface area contributed by atoms with E-state index in [0.29, 0.717) is 6.04 Å². The summed E-state index contributed by atoms with van der Waals surface area (Å²) in [6, 6.07) is 5.11. The van der Waals surface area contributed by atoms with Gasteiger partial charge in [0.1, 0.15) is 5.82 Å². The highest BCUT2D eigenvalue weighted by atomic mass is 15.1. The maximum atomic E-state index is 4.66. The van der Waals surface area contributed by atoms with Gasteiger partial charge in [-0.1, -0.05) is 6.07 Å². The fourth-order valence-electron chi connectivity index (χ4n) is 2.81. The van der Waals surface area contributed by atoms with Crippen LogP contribution in [0.25, 0.3) is 11.0 Å². The SMILES string of the molecule is Cc1cc2c3c(c1)nc(C)n3[C@H](C)CC2. The van der Waals surface area contributed by atoms with E-state index in [9.17, 15) is 0 Å². The van der Waals surface area contributed by atoms with Crippen LogP contribution in [0.3, 0.4) is 0 Å². The molecule has 1 aromatic carbocycles. The number of hydrogen-bond acceptors (Lipinski definition) is 1. The van der Waals surface area contributed by atoms with E-state index in [1.54, 1.807) is 0 Å². The van der Waals surface area contributed by atoms with Gasteiger partial charge in [0.05, 0.1) is 11.0 Å². The molecule has 0 saturated carbocycles. The Balaban J connectivity index is 2.46. The molecule has 2 nitrogen and oxygen atoms in total. The van der Waals surface area contributed by atoms with E-state index in [0.717, 1.165) is 5.82 Å². The molecule has 0 unspecified atom stereocenters. The van der Waals surface area contributed by atoms with Crippen LogP contribution in [0.4, 0.5) is 0 Å². The molecule has 0 amide bonds. The number of benzene rings is 1. The molecule has 3 rings (SSSR count). The summed E-state index contributed by atoms with van der Waals surface area (Å²) in [7, 11) is 0. The van der Waals surface area contributed by atoms with Crippen LogP contribution < -0.4 is 0 Å². The average Bonchev–Trinajstić information content (AvgIpc) is 2.49. The summed E-state index contributed by atoms with van der Waals surface area (Å²) in [6.07, 6.45) is 2.44. The largest absolute Gasteiger partial charge is 0.325 e. The maximum Gasteiger partial charge on any atom is 0.106 e. The Kier molecular flexibility index (Phi) is 1.70. The zero-order chi connectivity index (χ0) is 10.6. The summed E-state index contributed by atoms with van der Waals surface area (Å²) in [5.41, 5.74) is 5.35. The van der Waals surface area contributed by atoms with Gasteiger partial charge in [-0.05, 0) is 50.8 Å². The van der Waals surface area contributed by atoms with Gasteiger partial charge in [0.2, 0.25) is 0 Å². The molecular formula is C13H16N2. The van der Waals surface area contributed by atoms with Crippen LogP contribution in [0.5, 0.6) is 0 Å². The lowest BCUT2D eigenvalue weighted by atomic mass is 9.98. The first kappa shape index (κ1) is 8.96. The molecule has 0 spiro atoms. The molecule has 1 aliphatic heterocycles. The maximum absolute atomic E-state index is 4.66. The highest BCUT2D eigenvalue weighted by Gasteiger charge is 2.21. The van der Waals surface area contributed by atoms with Crippen molar-refractivity contribution in [2.45, 2.75) is 39.7 Å². The Morgan fingerprint density at radius 1 is 1.33 bits per heavy atom. The normalized spacial score (nSPS) is 19.8. The third kappa shape index (κ3) is 1.14. The molecule has 0 aliphatic carbocycles. The lowest BCUT2D eigenvalue weighted by Gasteiger charge is -2.23. The lowest BCUT2D eigenvalue weighted by molar-refractivity contribution is 0.491. The van der Waals surface area contributed by atoms with Crippen LogP contribution in [-0.4, -0.2) is 9.55 Å². The van der Waals surface area contributed by atoms with Crippen molar-refractivity contribution in [2.24, 2.45) is 0 Å². The van der Waals surface area contributed by atoms with Crippen LogP contribution in [0.1, 0.15) is 36.3 Å². The van der Waals surface area contributed by atoms with E-state index in [1.807, 2.05) is 0 Å². The van der Waals surface area contributed by atoms with Gasteiger partial charge in [0.25, 0.3) is 0 Å². The predicted octanol–water partition coefficient (Wildman–Crippen LogP) is 3.16. The smallest absolute Gasteiger partial charge is 0.106 e. The second-order valence-electron chi connectivity index (χ2n) is 4.71. The Morgan fingerprint density at radius 2 is 2.13 bits per heavy atom. The van der Waals surface area contributed by atoms with Gasteiger partial charge in [-0.3, -0.25) is 0 Å². The van der Waals surface area contributed by atoms with Gasteiger partial charge >= 0.3 is 0 Å². The summed E-state index contributed by atoms with van der Waals surface area (Å²) in [6.45, 7) is 6.56. The highest BCUT2D eigenvalue weighted by Crippen LogP contribution is 2.32. The molecular weight excluding hydrogens is 184 g/mol. The first-order valence-corrected chi connectivity index (χ1v) is 5.65. The average molecular weight is 200 g/mol. The third-order valence-electron chi connectivity index (χ3n) is 3.46. The fraction of sp³-hybridized carbons (Fsp3) is 0.462. The van der Waals surface area contributed by atoms with Crippen molar-refractivity contribution >= 4 is 11.0 Å². The van der Waals surface area contributed by atoms with Crippen molar-refractivity contribution in [2.75, 3.05) is 0 Å². The lowest BCUT2D eigenvalue weighted by Crippen LogP contribution is -2.14. The summed E-state index contributed by atoms with van der Waals surface area (Å²) >= 11 is 0. The number of aromatic nitrogens is 2. The molecule has 0 bridgehead atoms. The van der Waals surface area contributed by atoms with Crippen LogP contribution >= 0.6 is 0 Å². The van der Waals surface area contributed by atoms with Gasteiger partial charge in [0, 0.05) is 6.04 Å². The van der Waals surface area contributed by atoms with E-state index in [4.69, 9.17) is 0 Å². The zero-order valence-electron chi connectivity index (χ0n) is 9.54. The van der Waals surface area contributed by atoms with E-state index >= 15 is 0 Å². The van der Waals surface area contributed by atoms with Crippen molar-refractivity contribution in [3.63, 3.8) is 0 Å². The first-order chi connectivity index (χ1) is 7.16. The molecule has 0 saturated heterocycles. The van der Waals surface area contributed by atoms with Gasteiger partial charge in [-0.2, -0.15) is 0 Å². The van der Waals surface area contributed by atoms with Crippen molar-refractivity contribution < 1.29 is 0 Å². The molecule has 2 heteroatoms. The first-order valence-electron chi connectivity index (χ1n) is 5.65. The van der Waals surface area contributed by atoms with Gasteiger partial charge in [-0.15, -0.1) is 0 Å². The quantitative estimate of drug-likeness (QED) is 0.638. The fourth-order valence-corrected chi connectivity index (χ4v) is 2.81. The minimum absolute atomic E-state index is 0.602. The van der Waals surface area contributed by atoms with E-state index < -0.39 is 0 Å². The Morgan fingerprint density at radius 3 is 2.93 bits per heavy atom. The molecule has 0 N–H and O–H groups in total. The zero-order valence-corrected chi connectivity index (χ0v) is 9.54.